The van der Waals surface area contributed by atoms with Crippen molar-refractivity contribution in [1.82, 2.24) is 0 Å². The minimum absolute atomic E-state index is 0.0398. The van der Waals surface area contributed by atoms with Crippen LogP contribution in [0.25, 0.3) is 0 Å². The molecule has 0 heterocycles. The van der Waals surface area contributed by atoms with Gasteiger partial charge in [0.05, 0.1) is 15.1 Å². The molecule has 3 aromatic rings. The van der Waals surface area contributed by atoms with Gasteiger partial charge in [-0.05, 0) is 76.3 Å². The van der Waals surface area contributed by atoms with Gasteiger partial charge < -0.3 is 4.74 Å². The smallest absolute Gasteiger partial charge is 0.278 e. The molecule has 168 valence electrons. The Balaban J connectivity index is 1.90. The first-order valence-electron chi connectivity index (χ1n) is 10.5. The van der Waals surface area contributed by atoms with E-state index in [1.165, 1.54) is 12.1 Å². The number of halogens is 1. The molecule has 0 aliphatic rings. The van der Waals surface area contributed by atoms with E-state index in [0.29, 0.717) is 5.75 Å². The van der Waals surface area contributed by atoms with E-state index in [-0.39, 0.29) is 10.6 Å². The maximum absolute atomic E-state index is 13.4. The SMILES string of the molecule is CCCc1ccc(OCC(=O)N(c2ccc(CC)cc2)S(=O)(=O)c2ccccc2)c(Br)c1. The van der Waals surface area contributed by atoms with Crippen LogP contribution in [0.15, 0.2) is 82.2 Å². The van der Waals surface area contributed by atoms with Crippen LogP contribution in [0.4, 0.5) is 5.69 Å². The van der Waals surface area contributed by atoms with E-state index in [2.05, 4.69) is 22.9 Å². The van der Waals surface area contributed by atoms with Crippen molar-refractivity contribution in [1.29, 1.82) is 0 Å². The summed E-state index contributed by atoms with van der Waals surface area (Å²) in [5, 5.41) is 0. The van der Waals surface area contributed by atoms with Gasteiger partial charge in [-0.15, -0.1) is 0 Å². The lowest BCUT2D eigenvalue weighted by atomic mass is 10.1. The molecular weight excluding hydrogens is 490 g/mol. The number of ether oxygens (including phenoxy) is 1. The van der Waals surface area contributed by atoms with Crippen LogP contribution in [0.1, 0.15) is 31.4 Å². The van der Waals surface area contributed by atoms with E-state index in [4.69, 9.17) is 4.74 Å². The molecule has 0 aromatic heterocycles. The number of benzene rings is 3. The third kappa shape index (κ3) is 5.58. The van der Waals surface area contributed by atoms with Gasteiger partial charge in [-0.1, -0.05) is 56.7 Å². The van der Waals surface area contributed by atoms with Crippen molar-refractivity contribution in [2.24, 2.45) is 0 Å². The molecule has 0 unspecified atom stereocenters. The van der Waals surface area contributed by atoms with Gasteiger partial charge in [0.1, 0.15) is 5.75 Å². The van der Waals surface area contributed by atoms with E-state index in [0.717, 1.165) is 39.2 Å². The molecule has 0 saturated heterocycles. The number of carbonyl (C=O) groups is 1. The number of aryl methyl sites for hydroxylation is 2. The number of amides is 1. The Morgan fingerprint density at radius 2 is 1.59 bits per heavy atom. The Kier molecular flexibility index (Phi) is 8.10. The van der Waals surface area contributed by atoms with Crippen molar-refractivity contribution < 1.29 is 17.9 Å². The van der Waals surface area contributed by atoms with Crippen molar-refractivity contribution in [3.63, 3.8) is 0 Å². The minimum atomic E-state index is -4.11. The number of hydrogen-bond donors (Lipinski definition) is 0. The number of anilines is 1. The predicted molar refractivity (Wildman–Crippen MR) is 131 cm³/mol. The molecule has 0 saturated carbocycles. The summed E-state index contributed by atoms with van der Waals surface area (Å²) in [6, 6.07) is 20.5. The van der Waals surface area contributed by atoms with E-state index in [9.17, 15) is 13.2 Å². The van der Waals surface area contributed by atoms with Crippen LogP contribution in [0, 0.1) is 0 Å². The standard InChI is InChI=1S/C25H26BrNO4S/c1-3-8-20-13-16-24(23(26)17-20)31-18-25(28)27(21-14-11-19(4-2)12-15-21)32(29,30)22-9-6-5-7-10-22/h5-7,9-17H,3-4,8,18H2,1-2H3. The first-order valence-corrected chi connectivity index (χ1v) is 12.7. The van der Waals surface area contributed by atoms with Gasteiger partial charge in [0.25, 0.3) is 15.9 Å². The molecule has 32 heavy (non-hydrogen) atoms. The first kappa shape index (κ1) is 24.0. The highest BCUT2D eigenvalue weighted by Gasteiger charge is 2.31. The normalized spacial score (nSPS) is 11.2. The van der Waals surface area contributed by atoms with Crippen LogP contribution in [0.2, 0.25) is 0 Å². The third-order valence-electron chi connectivity index (χ3n) is 4.97. The van der Waals surface area contributed by atoms with Crippen molar-refractivity contribution in [3.05, 3.63) is 88.4 Å². The average Bonchev–Trinajstić information content (AvgIpc) is 2.80. The van der Waals surface area contributed by atoms with Crippen molar-refractivity contribution in [2.75, 3.05) is 10.9 Å². The monoisotopic (exact) mass is 515 g/mol. The third-order valence-corrected chi connectivity index (χ3v) is 7.36. The Labute approximate surface area is 198 Å². The van der Waals surface area contributed by atoms with Crippen LogP contribution < -0.4 is 9.04 Å². The number of hydrogen-bond acceptors (Lipinski definition) is 4. The Morgan fingerprint density at radius 1 is 0.938 bits per heavy atom. The summed E-state index contributed by atoms with van der Waals surface area (Å²) >= 11 is 3.47. The largest absolute Gasteiger partial charge is 0.483 e. The van der Waals surface area contributed by atoms with Crippen LogP contribution in [-0.4, -0.2) is 20.9 Å². The summed E-state index contributed by atoms with van der Waals surface area (Å²) in [6.45, 7) is 3.69. The Bertz CT molecular complexity index is 1160. The lowest BCUT2D eigenvalue weighted by molar-refractivity contribution is -0.119. The second kappa shape index (κ2) is 10.8. The van der Waals surface area contributed by atoms with Gasteiger partial charge in [-0.25, -0.2) is 8.42 Å². The summed E-state index contributed by atoms with van der Waals surface area (Å²) < 4.78 is 34.0. The quantitative estimate of drug-likeness (QED) is 0.363. The number of nitrogens with zero attached hydrogens (tertiary/aromatic N) is 1. The summed E-state index contributed by atoms with van der Waals surface area (Å²) in [6.07, 6.45) is 2.77. The molecule has 0 N–H and O–H groups in total. The molecule has 3 aromatic carbocycles. The summed E-state index contributed by atoms with van der Waals surface area (Å²) in [5.41, 5.74) is 2.48. The zero-order valence-electron chi connectivity index (χ0n) is 18.1. The summed E-state index contributed by atoms with van der Waals surface area (Å²) in [4.78, 5) is 13.2. The highest BCUT2D eigenvalue weighted by Crippen LogP contribution is 2.28. The predicted octanol–water partition coefficient (Wildman–Crippen LogP) is 5.76. The molecule has 1 amide bonds. The fraction of sp³-hybridized carbons (Fsp3) is 0.240. The number of carbonyl (C=O) groups excluding carboxylic acids is 1. The molecule has 0 aliphatic heterocycles. The molecule has 0 fully saturated rings. The minimum Gasteiger partial charge on any atom is -0.483 e. The highest BCUT2D eigenvalue weighted by atomic mass is 79.9. The summed E-state index contributed by atoms with van der Waals surface area (Å²) in [5.74, 6) is -0.195. The Hall–Kier alpha value is -2.64. The highest BCUT2D eigenvalue weighted by molar-refractivity contribution is 9.10. The first-order chi connectivity index (χ1) is 15.4. The van der Waals surface area contributed by atoms with Crippen LogP contribution >= 0.6 is 15.9 Å². The zero-order valence-corrected chi connectivity index (χ0v) is 20.5. The molecule has 5 nitrogen and oxygen atoms in total. The Morgan fingerprint density at radius 3 is 2.19 bits per heavy atom. The molecular formula is C25H26BrNO4S. The van der Waals surface area contributed by atoms with E-state index >= 15 is 0 Å². The van der Waals surface area contributed by atoms with Gasteiger partial charge in [-0.3, -0.25) is 4.79 Å². The van der Waals surface area contributed by atoms with Gasteiger partial charge >= 0.3 is 0 Å². The van der Waals surface area contributed by atoms with Gasteiger partial charge in [0, 0.05) is 0 Å². The van der Waals surface area contributed by atoms with E-state index in [1.54, 1.807) is 36.4 Å². The molecule has 3 rings (SSSR count). The van der Waals surface area contributed by atoms with Crippen LogP contribution in [0.3, 0.4) is 0 Å². The van der Waals surface area contributed by atoms with Crippen molar-refractivity contribution in [3.8, 4) is 5.75 Å². The van der Waals surface area contributed by atoms with E-state index < -0.39 is 22.5 Å². The van der Waals surface area contributed by atoms with Crippen LogP contribution in [-0.2, 0) is 27.7 Å². The molecule has 0 atom stereocenters. The second-order valence-electron chi connectivity index (χ2n) is 7.30. The molecule has 0 aliphatic carbocycles. The fourth-order valence-electron chi connectivity index (χ4n) is 3.29. The fourth-order valence-corrected chi connectivity index (χ4v) is 5.26. The number of rotatable bonds is 9. The average molecular weight is 516 g/mol. The van der Waals surface area contributed by atoms with Crippen LogP contribution in [0.5, 0.6) is 5.75 Å². The molecule has 0 spiro atoms. The molecule has 0 bridgehead atoms. The topological polar surface area (TPSA) is 63.7 Å². The lowest BCUT2D eigenvalue weighted by Crippen LogP contribution is -2.40. The van der Waals surface area contributed by atoms with Gasteiger partial charge in [0.2, 0.25) is 0 Å². The van der Waals surface area contributed by atoms with Gasteiger partial charge in [0.15, 0.2) is 6.61 Å². The van der Waals surface area contributed by atoms with Crippen molar-refractivity contribution in [2.45, 2.75) is 38.0 Å². The van der Waals surface area contributed by atoms with Crippen molar-refractivity contribution >= 4 is 37.5 Å². The van der Waals surface area contributed by atoms with Gasteiger partial charge in [-0.2, -0.15) is 4.31 Å². The second-order valence-corrected chi connectivity index (χ2v) is 9.94. The summed E-state index contributed by atoms with van der Waals surface area (Å²) in [7, 11) is -4.11. The lowest BCUT2D eigenvalue weighted by Gasteiger charge is -2.23. The van der Waals surface area contributed by atoms with E-state index in [1.807, 2.05) is 31.2 Å². The maximum atomic E-state index is 13.4. The molecule has 7 heteroatoms. The zero-order chi connectivity index (χ0) is 23.1. The maximum Gasteiger partial charge on any atom is 0.278 e. The number of sulfonamides is 1. The molecule has 0 radical (unpaired) electrons.